The lowest BCUT2D eigenvalue weighted by atomic mass is 10.1. The fraction of sp³-hybridized carbons (Fsp3) is 0.0385. The zero-order valence-electron chi connectivity index (χ0n) is 32.2. The van der Waals surface area contributed by atoms with Crippen LogP contribution in [0.15, 0.2) is 189 Å². The van der Waals surface area contributed by atoms with Crippen molar-refractivity contribution in [2.45, 2.75) is 0 Å². The molecular formula is C52H41IO6. The fourth-order valence-electron chi connectivity index (χ4n) is 5.88. The number of rotatable bonds is 18. The second-order valence-corrected chi connectivity index (χ2v) is 14.2. The van der Waals surface area contributed by atoms with Gasteiger partial charge in [0.2, 0.25) is 11.5 Å². The molecule has 0 heterocycles. The molecular weight excluding hydrogens is 847 g/mol. The van der Waals surface area contributed by atoms with E-state index in [2.05, 4.69) is 66.1 Å². The van der Waals surface area contributed by atoms with Gasteiger partial charge in [-0.05, 0) is 124 Å². The van der Waals surface area contributed by atoms with Crippen LogP contribution in [0.5, 0.6) is 57.5 Å². The topological polar surface area (TPSA) is 55.4 Å². The Morgan fingerprint density at radius 1 is 0.390 bits per heavy atom. The third-order valence-electron chi connectivity index (χ3n) is 8.61. The summed E-state index contributed by atoms with van der Waals surface area (Å²) < 4.78 is 38.8. The van der Waals surface area contributed by atoms with Crippen molar-refractivity contribution in [2.24, 2.45) is 0 Å². The summed E-state index contributed by atoms with van der Waals surface area (Å²) in [5.74, 6) is 5.78. The van der Waals surface area contributed by atoms with E-state index in [4.69, 9.17) is 28.4 Å². The Hall–Kier alpha value is -6.97. The molecule has 0 fully saturated rings. The minimum atomic E-state index is 0.283. The second-order valence-electron chi connectivity index (χ2n) is 13.0. The predicted octanol–water partition coefficient (Wildman–Crippen LogP) is 14.9. The van der Waals surface area contributed by atoms with Gasteiger partial charge in [-0.25, -0.2) is 0 Å². The maximum absolute atomic E-state index is 6.37. The van der Waals surface area contributed by atoms with E-state index in [1.807, 2.05) is 158 Å². The molecule has 7 rings (SSSR count). The second kappa shape index (κ2) is 20.5. The molecule has 0 spiro atoms. The van der Waals surface area contributed by atoms with E-state index >= 15 is 0 Å². The van der Waals surface area contributed by atoms with Crippen LogP contribution in [0.1, 0.15) is 22.3 Å². The minimum absolute atomic E-state index is 0.283. The van der Waals surface area contributed by atoms with Crippen LogP contribution in [0.4, 0.5) is 0 Å². The number of benzene rings is 7. The molecule has 6 nitrogen and oxygen atoms in total. The summed E-state index contributed by atoms with van der Waals surface area (Å²) in [6.45, 7) is 8.23. The number of halogens is 1. The maximum atomic E-state index is 6.37. The Bertz CT molecular complexity index is 2410. The SMILES string of the molecule is C=CCOc1c(Oc2ccccc2)cc(C=Cc2ccc(C=Cc3cc(Oc4ccccc4)c(OCC=C)c(Oc4ccccc4)c3)c(I)c2)cc1Oc1ccccc1. The van der Waals surface area contributed by atoms with Gasteiger partial charge in [0, 0.05) is 3.57 Å². The van der Waals surface area contributed by atoms with Crippen LogP contribution in [0.2, 0.25) is 0 Å². The van der Waals surface area contributed by atoms with E-state index < -0.39 is 0 Å². The van der Waals surface area contributed by atoms with Crippen LogP contribution < -0.4 is 28.4 Å². The van der Waals surface area contributed by atoms with Crippen molar-refractivity contribution in [3.8, 4) is 57.5 Å². The number of hydrogen-bond donors (Lipinski definition) is 0. The molecule has 0 N–H and O–H groups in total. The summed E-state index contributed by atoms with van der Waals surface area (Å²) in [6.07, 6.45) is 11.6. The third kappa shape index (κ3) is 11.3. The summed E-state index contributed by atoms with van der Waals surface area (Å²) in [7, 11) is 0. The highest BCUT2D eigenvalue weighted by molar-refractivity contribution is 14.1. The van der Waals surface area contributed by atoms with Gasteiger partial charge in [-0.15, -0.1) is 0 Å². The molecule has 0 aromatic heterocycles. The summed E-state index contributed by atoms with van der Waals surface area (Å²) in [4.78, 5) is 0. The Morgan fingerprint density at radius 3 is 1.07 bits per heavy atom. The van der Waals surface area contributed by atoms with Crippen molar-refractivity contribution in [3.63, 3.8) is 0 Å². The van der Waals surface area contributed by atoms with Crippen LogP contribution in [-0.4, -0.2) is 13.2 Å². The van der Waals surface area contributed by atoms with Gasteiger partial charge in [0.1, 0.15) is 36.2 Å². The first-order chi connectivity index (χ1) is 29.0. The van der Waals surface area contributed by atoms with E-state index in [0.29, 0.717) is 57.5 Å². The van der Waals surface area contributed by atoms with Gasteiger partial charge < -0.3 is 28.4 Å². The van der Waals surface area contributed by atoms with Crippen molar-refractivity contribution >= 4 is 46.9 Å². The highest BCUT2D eigenvalue weighted by Crippen LogP contribution is 2.45. The molecule has 0 atom stereocenters. The molecule has 0 saturated heterocycles. The number of hydrogen-bond acceptors (Lipinski definition) is 6. The molecule has 292 valence electrons. The lowest BCUT2D eigenvalue weighted by Gasteiger charge is -2.17. The van der Waals surface area contributed by atoms with Crippen LogP contribution in [0, 0.1) is 3.57 Å². The van der Waals surface area contributed by atoms with Gasteiger partial charge >= 0.3 is 0 Å². The first kappa shape index (κ1) is 40.2. The number of ether oxygens (including phenoxy) is 6. The lowest BCUT2D eigenvalue weighted by molar-refractivity contribution is 0.320. The predicted molar refractivity (Wildman–Crippen MR) is 247 cm³/mol. The first-order valence-corrected chi connectivity index (χ1v) is 20.0. The monoisotopic (exact) mass is 888 g/mol. The number of para-hydroxylation sites is 4. The van der Waals surface area contributed by atoms with E-state index in [9.17, 15) is 0 Å². The summed E-state index contributed by atoms with van der Waals surface area (Å²) in [5.41, 5.74) is 3.81. The van der Waals surface area contributed by atoms with Gasteiger partial charge in [0.05, 0.1) is 0 Å². The minimum Gasteiger partial charge on any atom is -0.482 e. The van der Waals surface area contributed by atoms with Crippen LogP contribution in [0.3, 0.4) is 0 Å². The highest BCUT2D eigenvalue weighted by atomic mass is 127. The fourth-order valence-corrected chi connectivity index (χ4v) is 6.60. The maximum Gasteiger partial charge on any atom is 0.205 e. The Morgan fingerprint density at radius 2 is 0.729 bits per heavy atom. The van der Waals surface area contributed by atoms with E-state index in [1.54, 1.807) is 12.2 Å². The molecule has 59 heavy (non-hydrogen) atoms. The molecule has 7 aromatic rings. The molecule has 0 amide bonds. The van der Waals surface area contributed by atoms with Crippen molar-refractivity contribution in [2.75, 3.05) is 13.2 Å². The molecule has 7 aromatic carbocycles. The molecule has 0 aliphatic carbocycles. The van der Waals surface area contributed by atoms with Crippen molar-refractivity contribution in [3.05, 3.63) is 215 Å². The van der Waals surface area contributed by atoms with Crippen molar-refractivity contribution < 1.29 is 28.4 Å². The molecule has 0 unspecified atom stereocenters. The zero-order valence-corrected chi connectivity index (χ0v) is 34.4. The van der Waals surface area contributed by atoms with Crippen LogP contribution in [0.25, 0.3) is 24.3 Å². The Labute approximate surface area is 359 Å². The van der Waals surface area contributed by atoms with Gasteiger partial charge in [0.25, 0.3) is 0 Å². The van der Waals surface area contributed by atoms with Gasteiger partial charge in [-0.3, -0.25) is 0 Å². The smallest absolute Gasteiger partial charge is 0.205 e. The van der Waals surface area contributed by atoms with E-state index in [1.165, 1.54) is 0 Å². The first-order valence-electron chi connectivity index (χ1n) is 19.0. The van der Waals surface area contributed by atoms with Crippen molar-refractivity contribution in [1.82, 2.24) is 0 Å². The normalized spacial score (nSPS) is 10.9. The summed E-state index contributed by atoms with van der Waals surface area (Å²) >= 11 is 2.37. The average Bonchev–Trinajstić information content (AvgIpc) is 3.26. The molecule has 0 aliphatic rings. The summed E-state index contributed by atoms with van der Waals surface area (Å²) in [5, 5.41) is 0. The highest BCUT2D eigenvalue weighted by Gasteiger charge is 2.18. The molecule has 0 bridgehead atoms. The quantitative estimate of drug-likeness (QED) is 0.0486. The van der Waals surface area contributed by atoms with E-state index in [0.717, 1.165) is 25.8 Å². The van der Waals surface area contributed by atoms with Crippen LogP contribution >= 0.6 is 22.6 Å². The Kier molecular flexibility index (Phi) is 13.9. The van der Waals surface area contributed by atoms with Gasteiger partial charge in [-0.2, -0.15) is 0 Å². The molecule has 0 radical (unpaired) electrons. The summed E-state index contributed by atoms with van der Waals surface area (Å²) in [6, 6.07) is 52.5. The van der Waals surface area contributed by atoms with Gasteiger partial charge in [-0.1, -0.05) is 135 Å². The third-order valence-corrected chi connectivity index (χ3v) is 9.54. The lowest BCUT2D eigenvalue weighted by Crippen LogP contribution is -2.00. The van der Waals surface area contributed by atoms with Crippen LogP contribution in [-0.2, 0) is 0 Å². The Balaban J connectivity index is 1.18. The molecule has 0 saturated carbocycles. The molecule has 7 heteroatoms. The standard InChI is InChI=1S/C52H41IO6/c1-3-31-54-51-47(56-42-17-9-5-10-18-42)34-39(35-48(51)57-43-19-11-6-12-20-43)26-25-38-27-29-41(46(53)33-38)30-28-40-36-49(58-44-21-13-7-14-22-44)52(55-32-4-2)50(37-40)59-45-23-15-8-16-24-45/h3-30,33-37H,1-2,31-32H2. The molecule has 0 aliphatic heterocycles. The average molecular weight is 889 g/mol. The van der Waals surface area contributed by atoms with E-state index in [-0.39, 0.29) is 13.2 Å². The van der Waals surface area contributed by atoms with Crippen molar-refractivity contribution in [1.29, 1.82) is 0 Å². The zero-order chi connectivity index (χ0) is 40.7. The largest absolute Gasteiger partial charge is 0.482 e. The van der Waals surface area contributed by atoms with Gasteiger partial charge in [0.15, 0.2) is 23.0 Å².